The van der Waals surface area contributed by atoms with Gasteiger partial charge in [-0.1, -0.05) is 57.8 Å². The molecular formula is C23H32Fe-6. The van der Waals surface area contributed by atoms with Crippen LogP contribution < -0.4 is 0 Å². The van der Waals surface area contributed by atoms with E-state index in [4.69, 9.17) is 6.42 Å². The van der Waals surface area contributed by atoms with Crippen molar-refractivity contribution in [1.29, 1.82) is 0 Å². The van der Waals surface area contributed by atoms with Gasteiger partial charge in [-0.2, -0.15) is 17.7 Å². The van der Waals surface area contributed by atoms with E-state index in [1.807, 2.05) is 30.3 Å². The Bertz CT molecular complexity index is 441. The van der Waals surface area contributed by atoms with E-state index in [1.165, 1.54) is 69.8 Å². The Morgan fingerprint density at radius 3 is 1.54 bits per heavy atom. The van der Waals surface area contributed by atoms with Gasteiger partial charge in [0.25, 0.3) is 0 Å². The average Bonchev–Trinajstić information content (AvgIpc) is 3.28. The summed E-state index contributed by atoms with van der Waals surface area (Å²) in [5.41, 5.74) is 1.50. The molecule has 0 saturated heterocycles. The molecule has 0 aliphatic rings. The van der Waals surface area contributed by atoms with Crippen LogP contribution in [-0.2, 0) is 23.5 Å². The van der Waals surface area contributed by atoms with Gasteiger partial charge in [-0.05, 0) is 6.42 Å². The van der Waals surface area contributed by atoms with Crippen molar-refractivity contribution < 1.29 is 17.1 Å². The molecule has 0 nitrogen and oxygen atoms in total. The van der Waals surface area contributed by atoms with Gasteiger partial charge in [0, 0.05) is 23.5 Å². The van der Waals surface area contributed by atoms with E-state index >= 15 is 0 Å². The standard InChI is InChI=1S/C18H27.C5H5.Fe/c1-2-3-4-5-6-7-8-9-10-11-12-15-18-16-13-14-17-18;1-2-4-5-3-1;/h1,13-14,16-17H,3-12,15H2;1-5H;/q-1;-5;. The van der Waals surface area contributed by atoms with Crippen molar-refractivity contribution in [2.24, 2.45) is 0 Å². The summed E-state index contributed by atoms with van der Waals surface area (Å²) < 4.78 is 0. The van der Waals surface area contributed by atoms with E-state index < -0.39 is 0 Å². The van der Waals surface area contributed by atoms with E-state index in [0.29, 0.717) is 0 Å². The molecule has 0 N–H and O–H groups in total. The van der Waals surface area contributed by atoms with Crippen LogP contribution in [0.25, 0.3) is 0 Å². The third-order valence-electron chi connectivity index (χ3n) is 4.07. The van der Waals surface area contributed by atoms with Gasteiger partial charge in [0.05, 0.1) is 0 Å². The van der Waals surface area contributed by atoms with Crippen LogP contribution >= 0.6 is 0 Å². The van der Waals surface area contributed by atoms with Crippen molar-refractivity contribution in [3.05, 3.63) is 60.2 Å². The Balaban J connectivity index is 0.000000751. The van der Waals surface area contributed by atoms with E-state index in [0.717, 1.165) is 6.42 Å². The first-order valence-electron chi connectivity index (χ1n) is 9.24. The van der Waals surface area contributed by atoms with Crippen LogP contribution in [0.5, 0.6) is 0 Å². The maximum Gasteiger partial charge on any atom is 0.00860 e. The summed E-state index contributed by atoms with van der Waals surface area (Å²) in [7, 11) is 0. The Morgan fingerprint density at radius 1 is 0.667 bits per heavy atom. The summed E-state index contributed by atoms with van der Waals surface area (Å²) in [5.74, 6) is 2.70. The van der Waals surface area contributed by atoms with Crippen LogP contribution in [0.3, 0.4) is 0 Å². The van der Waals surface area contributed by atoms with Gasteiger partial charge in [-0.3, -0.25) is 0 Å². The van der Waals surface area contributed by atoms with E-state index in [9.17, 15) is 0 Å². The van der Waals surface area contributed by atoms with Gasteiger partial charge in [-0.25, -0.2) is 12.1 Å². The topological polar surface area (TPSA) is 0 Å². The molecule has 1 heteroatoms. The van der Waals surface area contributed by atoms with Crippen LogP contribution in [0, 0.1) is 12.3 Å². The van der Waals surface area contributed by atoms with Crippen molar-refractivity contribution in [3.8, 4) is 12.3 Å². The number of hydrogen-bond acceptors (Lipinski definition) is 0. The number of terminal acetylenes is 1. The van der Waals surface area contributed by atoms with Crippen LogP contribution in [0.4, 0.5) is 0 Å². The summed E-state index contributed by atoms with van der Waals surface area (Å²) in [6, 6.07) is 18.7. The fourth-order valence-corrected chi connectivity index (χ4v) is 2.69. The average molecular weight is 364 g/mol. The molecule has 2 aromatic carbocycles. The molecule has 0 aliphatic carbocycles. The molecule has 2 aromatic rings. The van der Waals surface area contributed by atoms with Crippen molar-refractivity contribution >= 4 is 0 Å². The minimum absolute atomic E-state index is 0. The summed E-state index contributed by atoms with van der Waals surface area (Å²) in [6.07, 6.45) is 19.7. The molecule has 0 spiro atoms. The molecule has 24 heavy (non-hydrogen) atoms. The van der Waals surface area contributed by atoms with Crippen molar-refractivity contribution in [1.82, 2.24) is 0 Å². The Labute approximate surface area is 160 Å². The Kier molecular flexibility index (Phi) is 17.2. The predicted molar refractivity (Wildman–Crippen MR) is 103 cm³/mol. The van der Waals surface area contributed by atoms with Crippen LogP contribution in [0.2, 0.25) is 0 Å². The fraction of sp³-hybridized carbons (Fsp3) is 0.478. The molecule has 0 aliphatic heterocycles. The molecule has 0 amide bonds. The van der Waals surface area contributed by atoms with Gasteiger partial charge >= 0.3 is 0 Å². The summed E-state index contributed by atoms with van der Waals surface area (Å²) >= 11 is 0. The van der Waals surface area contributed by atoms with Gasteiger partial charge in [0.2, 0.25) is 0 Å². The van der Waals surface area contributed by atoms with Gasteiger partial charge in [0.15, 0.2) is 0 Å². The molecule has 0 radical (unpaired) electrons. The van der Waals surface area contributed by atoms with Crippen LogP contribution in [-0.4, -0.2) is 0 Å². The van der Waals surface area contributed by atoms with E-state index in [1.54, 1.807) is 0 Å². The molecule has 0 unspecified atom stereocenters. The second-order valence-electron chi connectivity index (χ2n) is 6.14. The number of hydrogen-bond donors (Lipinski definition) is 0. The molecule has 0 fully saturated rings. The van der Waals surface area contributed by atoms with Gasteiger partial charge in [-0.15, -0.1) is 12.3 Å². The third kappa shape index (κ3) is 14.4. The smallest absolute Gasteiger partial charge is 0.00860 e. The van der Waals surface area contributed by atoms with Gasteiger partial charge in [0.1, 0.15) is 0 Å². The number of aryl methyl sites for hydroxylation is 1. The minimum atomic E-state index is 0. The third-order valence-corrected chi connectivity index (χ3v) is 4.07. The van der Waals surface area contributed by atoms with E-state index in [2.05, 4.69) is 30.2 Å². The molecule has 0 aromatic heterocycles. The van der Waals surface area contributed by atoms with Crippen LogP contribution in [0.1, 0.15) is 69.8 Å². The monoisotopic (exact) mass is 364 g/mol. The SMILES string of the molecule is C#CCCCCCCCCCCC[c-]1cccc1.[Fe].[cH-]1[cH-][cH-][cH-][cH-]1. The van der Waals surface area contributed by atoms with E-state index in [-0.39, 0.29) is 17.1 Å². The number of unbranched alkanes of at least 4 members (excludes halogenated alkanes) is 9. The maximum atomic E-state index is 5.22. The predicted octanol–water partition coefficient (Wildman–Crippen LogP) is 6.89. The second-order valence-corrected chi connectivity index (χ2v) is 6.14. The van der Waals surface area contributed by atoms with Crippen molar-refractivity contribution in [2.75, 3.05) is 0 Å². The van der Waals surface area contributed by atoms with Crippen molar-refractivity contribution in [2.45, 2.75) is 70.6 Å². The fourth-order valence-electron chi connectivity index (χ4n) is 2.69. The van der Waals surface area contributed by atoms with Gasteiger partial charge < -0.3 is 30.3 Å². The summed E-state index contributed by atoms with van der Waals surface area (Å²) in [6.45, 7) is 0. The van der Waals surface area contributed by atoms with Crippen LogP contribution in [0.15, 0.2) is 54.6 Å². The molecule has 0 heterocycles. The molecule has 138 valence electrons. The first kappa shape index (κ1) is 22.8. The zero-order valence-corrected chi connectivity index (χ0v) is 16.0. The molecule has 0 atom stereocenters. The zero-order chi connectivity index (χ0) is 16.4. The quantitative estimate of drug-likeness (QED) is 0.176. The summed E-state index contributed by atoms with van der Waals surface area (Å²) in [5, 5.41) is 0. The molecule has 0 saturated carbocycles. The first-order valence-corrected chi connectivity index (χ1v) is 9.24. The largest absolute Gasteiger partial charge is 0.748 e. The number of rotatable bonds is 11. The second kappa shape index (κ2) is 18.1. The zero-order valence-electron chi connectivity index (χ0n) is 14.9. The Morgan fingerprint density at radius 2 is 1.08 bits per heavy atom. The molecular weight excluding hydrogens is 332 g/mol. The van der Waals surface area contributed by atoms with Crippen molar-refractivity contribution in [3.63, 3.8) is 0 Å². The maximum absolute atomic E-state index is 5.22. The molecule has 0 bridgehead atoms. The first-order chi connectivity index (χ1) is 11.4. The summed E-state index contributed by atoms with van der Waals surface area (Å²) in [4.78, 5) is 0. The molecule has 2 rings (SSSR count). The minimum Gasteiger partial charge on any atom is -0.748 e. The Hall–Kier alpha value is -1.22. The normalized spacial score (nSPS) is 9.46.